The number of nitrogens with zero attached hydrogens (tertiary/aromatic N) is 1. The Morgan fingerprint density at radius 2 is 1.46 bits per heavy atom. The zero-order valence-electron chi connectivity index (χ0n) is 27.8. The van der Waals surface area contributed by atoms with Crippen molar-refractivity contribution in [3.63, 3.8) is 0 Å². The van der Waals surface area contributed by atoms with Crippen LogP contribution in [-0.4, -0.2) is 13.1 Å². The summed E-state index contributed by atoms with van der Waals surface area (Å²) in [6.45, 7) is 14.3. The van der Waals surface area contributed by atoms with E-state index in [4.69, 9.17) is 8.53 Å². The lowest BCUT2D eigenvalue weighted by atomic mass is 9.98. The van der Waals surface area contributed by atoms with Gasteiger partial charge in [0.25, 0.3) is 0 Å². The molecule has 0 N–H and O–H groups in total. The van der Waals surface area contributed by atoms with Gasteiger partial charge in [0.05, 0.1) is 13.8 Å². The van der Waals surface area contributed by atoms with E-state index >= 15 is 4.39 Å². The molecule has 0 aliphatic carbocycles. The Morgan fingerprint density at radius 3 is 2.10 bits per heavy atom. The number of benzene rings is 4. The van der Waals surface area contributed by atoms with Crippen LogP contribution in [0, 0.1) is 12.7 Å². The molecule has 0 spiro atoms. The minimum absolute atomic E-state index is 0.163. The molecule has 0 aliphatic rings. The zero-order chi connectivity index (χ0) is 31.8. The standard InChI is InChI=1S/C37H38FNOSi/c1-23-12-19-33(39-22-23)29-11-9-10-27-28-18-15-25-20-30(32(38)21-31(25)35(28)40-34(27)29)24-13-16-26(17-14-24)41(8,36(2,3)4)37(5,6)7/h9-22H,1-8H3/i1D3. The minimum Gasteiger partial charge on any atom is -0.455 e. The van der Waals surface area contributed by atoms with Crippen molar-refractivity contribution in [2.45, 2.75) is 65.0 Å². The van der Waals surface area contributed by atoms with Gasteiger partial charge in [0.2, 0.25) is 0 Å². The van der Waals surface area contributed by atoms with Gasteiger partial charge in [-0.2, -0.15) is 0 Å². The third-order valence-electron chi connectivity index (χ3n) is 9.38. The van der Waals surface area contributed by atoms with Gasteiger partial charge in [0.15, 0.2) is 0 Å². The van der Waals surface area contributed by atoms with Crippen molar-refractivity contribution in [3.8, 4) is 22.4 Å². The lowest BCUT2D eigenvalue weighted by molar-refractivity contribution is 0.629. The van der Waals surface area contributed by atoms with Crippen molar-refractivity contribution in [1.82, 2.24) is 4.98 Å². The lowest BCUT2D eigenvalue weighted by Crippen LogP contribution is -2.58. The van der Waals surface area contributed by atoms with E-state index < -0.39 is 14.9 Å². The third-order valence-corrected chi connectivity index (χ3v) is 16.9. The molecular formula is C37H38FNOSi. The van der Waals surface area contributed by atoms with Crippen LogP contribution >= 0.6 is 0 Å². The first-order valence-corrected chi connectivity index (χ1v) is 16.7. The summed E-state index contributed by atoms with van der Waals surface area (Å²) < 4.78 is 45.3. The number of para-hydroxylation sites is 1. The van der Waals surface area contributed by atoms with Crippen molar-refractivity contribution in [2.75, 3.05) is 0 Å². The second-order valence-corrected chi connectivity index (χ2v) is 19.2. The number of hydrogen-bond donors (Lipinski definition) is 0. The topological polar surface area (TPSA) is 26.0 Å². The van der Waals surface area contributed by atoms with Gasteiger partial charge in [-0.05, 0) is 63.8 Å². The molecule has 0 atom stereocenters. The smallest absolute Gasteiger partial charge is 0.144 e. The van der Waals surface area contributed by atoms with Gasteiger partial charge < -0.3 is 4.42 Å². The molecule has 0 radical (unpaired) electrons. The summed E-state index contributed by atoms with van der Waals surface area (Å²) in [6, 6.07) is 25.2. The molecule has 4 aromatic carbocycles. The van der Waals surface area contributed by atoms with Gasteiger partial charge in [0, 0.05) is 37.6 Å². The Hall–Kier alpha value is -3.76. The number of halogens is 1. The van der Waals surface area contributed by atoms with Crippen molar-refractivity contribution in [3.05, 3.63) is 96.4 Å². The first-order chi connectivity index (χ1) is 20.5. The normalized spacial score (nSPS) is 14.4. The summed E-state index contributed by atoms with van der Waals surface area (Å²) in [5, 5.41) is 5.08. The van der Waals surface area contributed by atoms with Gasteiger partial charge in [-0.25, -0.2) is 4.39 Å². The summed E-state index contributed by atoms with van der Waals surface area (Å²) in [4.78, 5) is 4.43. The highest BCUT2D eigenvalue weighted by molar-refractivity contribution is 6.95. The highest BCUT2D eigenvalue weighted by Crippen LogP contribution is 2.50. The van der Waals surface area contributed by atoms with Crippen molar-refractivity contribution in [1.29, 1.82) is 0 Å². The maximum Gasteiger partial charge on any atom is 0.144 e. The molecule has 0 aliphatic heterocycles. The molecule has 41 heavy (non-hydrogen) atoms. The zero-order valence-corrected chi connectivity index (χ0v) is 25.8. The summed E-state index contributed by atoms with van der Waals surface area (Å²) in [5.41, 5.74) is 4.21. The molecule has 0 saturated carbocycles. The first-order valence-electron chi connectivity index (χ1n) is 15.7. The van der Waals surface area contributed by atoms with E-state index in [0.29, 0.717) is 27.8 Å². The maximum atomic E-state index is 15.9. The minimum atomic E-state index is -2.22. The molecule has 0 bridgehead atoms. The van der Waals surface area contributed by atoms with Crippen LogP contribution in [-0.2, 0) is 0 Å². The van der Waals surface area contributed by atoms with Crippen LogP contribution in [0.5, 0.6) is 0 Å². The van der Waals surface area contributed by atoms with Gasteiger partial charge in [-0.15, -0.1) is 0 Å². The van der Waals surface area contributed by atoms with Crippen LogP contribution in [0.3, 0.4) is 0 Å². The summed E-state index contributed by atoms with van der Waals surface area (Å²) in [7, 11) is -1.93. The predicted octanol–water partition coefficient (Wildman–Crippen LogP) is 10.8. The van der Waals surface area contributed by atoms with Crippen LogP contribution in [0.2, 0.25) is 16.6 Å². The van der Waals surface area contributed by atoms with Gasteiger partial charge >= 0.3 is 0 Å². The summed E-state index contributed by atoms with van der Waals surface area (Å²) >= 11 is 0. The van der Waals surface area contributed by atoms with Gasteiger partial charge in [0.1, 0.15) is 17.0 Å². The summed E-state index contributed by atoms with van der Waals surface area (Å²) in [5.74, 6) is -0.299. The maximum absolute atomic E-state index is 15.9. The molecule has 0 amide bonds. The summed E-state index contributed by atoms with van der Waals surface area (Å²) in [6.07, 6.45) is 1.39. The fourth-order valence-electron chi connectivity index (χ4n) is 6.55. The Labute approximate surface area is 247 Å². The number of aryl methyl sites for hydroxylation is 1. The highest BCUT2D eigenvalue weighted by atomic mass is 28.3. The first kappa shape index (κ1) is 23.9. The Kier molecular flexibility index (Phi) is 5.47. The molecule has 6 aromatic rings. The molecule has 208 valence electrons. The van der Waals surface area contributed by atoms with E-state index in [1.807, 2.05) is 36.4 Å². The van der Waals surface area contributed by atoms with Crippen molar-refractivity contribution in [2.24, 2.45) is 0 Å². The van der Waals surface area contributed by atoms with Crippen LogP contribution < -0.4 is 5.19 Å². The fourth-order valence-corrected chi connectivity index (χ4v) is 11.4. The highest BCUT2D eigenvalue weighted by Gasteiger charge is 2.50. The van der Waals surface area contributed by atoms with E-state index in [2.05, 4.69) is 77.3 Å². The average Bonchev–Trinajstić information content (AvgIpc) is 3.34. The number of pyridine rings is 1. The van der Waals surface area contributed by atoms with Gasteiger partial charge in [-0.3, -0.25) is 4.98 Å². The SMILES string of the molecule is [2H]C([2H])([2H])c1ccc(-c2cccc3c2oc2c4cc(F)c(-c5ccc([Si](C)(C(C)(C)C)C(C)(C)C)cc5)cc4ccc32)nc1. The molecule has 0 saturated heterocycles. The molecular weight excluding hydrogens is 521 g/mol. The Balaban J connectivity index is 1.44. The van der Waals surface area contributed by atoms with E-state index in [1.54, 1.807) is 18.2 Å². The van der Waals surface area contributed by atoms with E-state index in [-0.39, 0.29) is 21.5 Å². The van der Waals surface area contributed by atoms with Crippen molar-refractivity contribution < 1.29 is 12.9 Å². The van der Waals surface area contributed by atoms with Crippen molar-refractivity contribution >= 4 is 46.0 Å². The van der Waals surface area contributed by atoms with Crippen LogP contribution in [0.15, 0.2) is 89.5 Å². The predicted molar refractivity (Wildman–Crippen MR) is 175 cm³/mol. The van der Waals surface area contributed by atoms with Crippen LogP contribution in [0.1, 0.15) is 51.2 Å². The van der Waals surface area contributed by atoms with Crippen LogP contribution in [0.4, 0.5) is 4.39 Å². The van der Waals surface area contributed by atoms with E-state index in [1.165, 1.54) is 11.4 Å². The molecule has 0 unspecified atom stereocenters. The fraction of sp³-hybridized carbons (Fsp3) is 0.270. The molecule has 2 nitrogen and oxygen atoms in total. The van der Waals surface area contributed by atoms with Crippen LogP contribution in [0.25, 0.3) is 55.1 Å². The number of fused-ring (bicyclic) bond motifs is 5. The molecule has 2 aromatic heterocycles. The molecule has 6 rings (SSSR count). The molecule has 2 heterocycles. The third kappa shape index (κ3) is 4.31. The number of aromatic nitrogens is 1. The molecule has 4 heteroatoms. The Morgan fingerprint density at radius 1 is 0.756 bits per heavy atom. The second kappa shape index (κ2) is 9.39. The number of hydrogen-bond acceptors (Lipinski definition) is 2. The lowest BCUT2D eigenvalue weighted by Gasteiger charge is -2.50. The number of rotatable bonds is 3. The van der Waals surface area contributed by atoms with E-state index in [0.717, 1.165) is 27.3 Å². The second-order valence-electron chi connectivity index (χ2n) is 13.4. The monoisotopic (exact) mass is 562 g/mol. The quantitative estimate of drug-likeness (QED) is 0.201. The Bertz CT molecular complexity index is 2020. The average molecular weight is 563 g/mol. The van der Waals surface area contributed by atoms with E-state index in [9.17, 15) is 0 Å². The molecule has 0 fully saturated rings. The largest absolute Gasteiger partial charge is 0.455 e. The van der Waals surface area contributed by atoms with Gasteiger partial charge in [-0.1, -0.05) is 102 Å². The number of furan rings is 1.